The predicted octanol–water partition coefficient (Wildman–Crippen LogP) is 1.97. The van der Waals surface area contributed by atoms with Gasteiger partial charge in [-0.2, -0.15) is 0 Å². The number of carbonyl (C=O) groups is 1. The number of benzene rings is 1. The van der Waals surface area contributed by atoms with Gasteiger partial charge in [0.1, 0.15) is 12.6 Å². The molecule has 1 aromatic carbocycles. The van der Waals surface area contributed by atoms with Crippen LogP contribution in [0.3, 0.4) is 0 Å². The molecule has 0 radical (unpaired) electrons. The van der Waals surface area contributed by atoms with Crippen molar-refractivity contribution in [1.82, 2.24) is 5.32 Å². The number of rotatable bonds is 4. The lowest BCUT2D eigenvalue weighted by Gasteiger charge is -2.10. The van der Waals surface area contributed by atoms with Gasteiger partial charge < -0.3 is 10.1 Å². The Hall–Kier alpha value is -1.47. The van der Waals surface area contributed by atoms with E-state index < -0.39 is 4.92 Å². The molecule has 19 heavy (non-hydrogen) atoms. The fraction of sp³-hybridized carbons (Fsp3) is 0.417. The van der Waals surface area contributed by atoms with Gasteiger partial charge in [0.2, 0.25) is 0 Å². The van der Waals surface area contributed by atoms with E-state index in [0.717, 1.165) is 24.9 Å². The lowest BCUT2D eigenvalue weighted by molar-refractivity contribution is -0.384. The monoisotopic (exact) mass is 330 g/mol. The molecule has 0 spiro atoms. The number of hydrogen-bond donors (Lipinski definition) is 1. The van der Waals surface area contributed by atoms with Crippen molar-refractivity contribution in [2.45, 2.75) is 25.5 Å². The molecule has 0 aliphatic carbocycles. The Kier molecular flexibility index (Phi) is 5.91. The average Bonchev–Trinajstić information content (AvgIpc) is 2.90. The number of esters is 1. The maximum Gasteiger partial charge on any atom is 0.323 e. The van der Waals surface area contributed by atoms with Crippen molar-refractivity contribution in [2.75, 3.05) is 6.54 Å². The van der Waals surface area contributed by atoms with Gasteiger partial charge in [-0.25, -0.2) is 0 Å². The first-order chi connectivity index (χ1) is 8.66. The third-order valence-corrected chi connectivity index (χ3v) is 2.87. The Morgan fingerprint density at radius 2 is 2.11 bits per heavy atom. The molecule has 1 saturated heterocycles. The molecule has 0 aromatic heterocycles. The number of nitrogens with one attached hydrogen (secondary N) is 1. The van der Waals surface area contributed by atoms with Crippen molar-refractivity contribution in [3.8, 4) is 0 Å². The van der Waals surface area contributed by atoms with Crippen LogP contribution in [-0.2, 0) is 16.1 Å². The largest absolute Gasteiger partial charge is 0.460 e. The van der Waals surface area contributed by atoms with Gasteiger partial charge in [-0.1, -0.05) is 0 Å². The highest BCUT2D eigenvalue weighted by Crippen LogP contribution is 2.13. The Labute approximate surface area is 121 Å². The number of hydrogen-bond acceptors (Lipinski definition) is 5. The van der Waals surface area contributed by atoms with Gasteiger partial charge in [-0.15, -0.1) is 17.0 Å². The summed E-state index contributed by atoms with van der Waals surface area (Å²) < 4.78 is 5.14. The molecule has 1 heterocycles. The van der Waals surface area contributed by atoms with Crippen LogP contribution in [0.5, 0.6) is 0 Å². The number of ether oxygens (including phenoxy) is 1. The van der Waals surface area contributed by atoms with Crippen LogP contribution in [0.1, 0.15) is 18.4 Å². The molecule has 1 aliphatic rings. The highest BCUT2D eigenvalue weighted by Gasteiger charge is 2.23. The van der Waals surface area contributed by atoms with Crippen molar-refractivity contribution in [3.05, 3.63) is 39.9 Å². The second-order valence-corrected chi connectivity index (χ2v) is 4.18. The van der Waals surface area contributed by atoms with Crippen molar-refractivity contribution >= 4 is 28.6 Å². The van der Waals surface area contributed by atoms with Crippen LogP contribution in [-0.4, -0.2) is 23.5 Å². The minimum atomic E-state index is -0.460. The van der Waals surface area contributed by atoms with Crippen molar-refractivity contribution in [2.24, 2.45) is 0 Å². The van der Waals surface area contributed by atoms with E-state index in [1.54, 1.807) is 12.1 Å². The van der Waals surface area contributed by atoms with Crippen LogP contribution in [0.2, 0.25) is 0 Å². The molecule has 1 aliphatic heterocycles. The van der Waals surface area contributed by atoms with Gasteiger partial charge in [0, 0.05) is 12.1 Å². The quantitative estimate of drug-likeness (QED) is 0.518. The fourth-order valence-electron chi connectivity index (χ4n) is 1.85. The summed E-state index contributed by atoms with van der Waals surface area (Å²) in [5.41, 5.74) is 0.773. The molecule has 0 amide bonds. The summed E-state index contributed by atoms with van der Waals surface area (Å²) in [6, 6.07) is 5.78. The summed E-state index contributed by atoms with van der Waals surface area (Å²) in [5, 5.41) is 13.5. The number of carbonyl (C=O) groups excluding carboxylic acids is 1. The number of nitro groups is 1. The first kappa shape index (κ1) is 15.6. The van der Waals surface area contributed by atoms with Crippen LogP contribution < -0.4 is 5.32 Å². The van der Waals surface area contributed by atoms with Crippen molar-refractivity contribution in [1.29, 1.82) is 0 Å². The molecule has 6 nitrogen and oxygen atoms in total. The van der Waals surface area contributed by atoms with Crippen molar-refractivity contribution in [3.63, 3.8) is 0 Å². The number of non-ortho nitro benzene ring substituents is 1. The fourth-order valence-corrected chi connectivity index (χ4v) is 1.85. The van der Waals surface area contributed by atoms with E-state index in [4.69, 9.17) is 4.74 Å². The third-order valence-electron chi connectivity index (χ3n) is 2.87. The lowest BCUT2D eigenvalue weighted by atomic mass is 10.2. The Morgan fingerprint density at radius 3 is 2.63 bits per heavy atom. The normalized spacial score (nSPS) is 17.6. The van der Waals surface area contributed by atoms with Crippen LogP contribution >= 0.6 is 17.0 Å². The van der Waals surface area contributed by atoms with Gasteiger partial charge in [0.15, 0.2) is 0 Å². The first-order valence-corrected chi connectivity index (χ1v) is 5.80. The van der Waals surface area contributed by atoms with Gasteiger partial charge in [-0.05, 0) is 37.1 Å². The minimum Gasteiger partial charge on any atom is -0.460 e. The van der Waals surface area contributed by atoms with E-state index in [2.05, 4.69) is 5.32 Å². The summed E-state index contributed by atoms with van der Waals surface area (Å²) in [6.45, 7) is 0.992. The van der Waals surface area contributed by atoms with Crippen LogP contribution in [0.15, 0.2) is 24.3 Å². The summed E-state index contributed by atoms with van der Waals surface area (Å²) in [7, 11) is 0. The zero-order valence-electron chi connectivity index (χ0n) is 10.2. The maximum absolute atomic E-state index is 11.6. The van der Waals surface area contributed by atoms with E-state index in [-0.39, 0.29) is 41.3 Å². The number of nitrogens with zero attached hydrogens (tertiary/aromatic N) is 1. The minimum absolute atomic E-state index is 0. The Bertz CT molecular complexity index is 444. The Morgan fingerprint density at radius 1 is 1.42 bits per heavy atom. The number of nitro benzene ring substituents is 1. The number of halogens is 1. The van der Waals surface area contributed by atoms with Gasteiger partial charge in [0.25, 0.3) is 5.69 Å². The first-order valence-electron chi connectivity index (χ1n) is 5.80. The molecule has 2 rings (SSSR count). The van der Waals surface area contributed by atoms with E-state index in [0.29, 0.717) is 0 Å². The molecule has 7 heteroatoms. The van der Waals surface area contributed by atoms with E-state index >= 15 is 0 Å². The zero-order chi connectivity index (χ0) is 13.0. The molecule has 1 unspecified atom stereocenters. The predicted molar refractivity (Wildman–Crippen MR) is 74.2 cm³/mol. The average molecular weight is 331 g/mol. The lowest BCUT2D eigenvalue weighted by Crippen LogP contribution is -2.32. The molecule has 1 fully saturated rings. The molecule has 0 saturated carbocycles. The van der Waals surface area contributed by atoms with Gasteiger partial charge in [0.05, 0.1) is 4.92 Å². The van der Waals surface area contributed by atoms with Crippen LogP contribution in [0.25, 0.3) is 0 Å². The Balaban J connectivity index is 0.00000180. The highest BCUT2D eigenvalue weighted by molar-refractivity contribution is 8.93. The van der Waals surface area contributed by atoms with Crippen molar-refractivity contribution < 1.29 is 14.5 Å². The second-order valence-electron chi connectivity index (χ2n) is 4.18. The third kappa shape index (κ3) is 4.29. The van der Waals surface area contributed by atoms with E-state index in [1.807, 2.05) is 0 Å². The molecule has 1 atom stereocenters. The summed E-state index contributed by atoms with van der Waals surface area (Å²) in [6.07, 6.45) is 1.79. The van der Waals surface area contributed by atoms with Crippen LogP contribution in [0.4, 0.5) is 5.69 Å². The summed E-state index contributed by atoms with van der Waals surface area (Å²) in [5.74, 6) is -0.258. The maximum atomic E-state index is 11.6. The van der Waals surface area contributed by atoms with Gasteiger partial charge in [-0.3, -0.25) is 14.9 Å². The van der Waals surface area contributed by atoms with Crippen LogP contribution in [0, 0.1) is 10.1 Å². The molecular formula is C12H15BrN2O4. The standard InChI is InChI=1S/C12H14N2O4.BrH/c15-12(11-2-1-7-13-11)18-8-9-3-5-10(6-4-9)14(16)17;/h3-6,11,13H,1-2,7-8H2;1H. The zero-order valence-corrected chi connectivity index (χ0v) is 11.9. The van der Waals surface area contributed by atoms with Gasteiger partial charge >= 0.3 is 5.97 Å². The SMILES string of the molecule is Br.O=C(OCc1ccc([N+](=O)[O-])cc1)C1CCCN1. The molecule has 1 aromatic rings. The molecule has 1 N–H and O–H groups in total. The smallest absolute Gasteiger partial charge is 0.323 e. The topological polar surface area (TPSA) is 81.5 Å². The molecule has 104 valence electrons. The highest BCUT2D eigenvalue weighted by atomic mass is 79.9. The summed E-state index contributed by atoms with van der Waals surface area (Å²) in [4.78, 5) is 21.6. The molecule has 0 bridgehead atoms. The second kappa shape index (κ2) is 7.20. The van der Waals surface area contributed by atoms with E-state index in [9.17, 15) is 14.9 Å². The molecular weight excluding hydrogens is 316 g/mol. The summed E-state index contributed by atoms with van der Waals surface area (Å²) >= 11 is 0. The van der Waals surface area contributed by atoms with E-state index in [1.165, 1.54) is 12.1 Å².